The summed E-state index contributed by atoms with van der Waals surface area (Å²) >= 11 is 0. The van der Waals surface area contributed by atoms with Gasteiger partial charge in [0, 0.05) is 19.1 Å². The lowest BCUT2D eigenvalue weighted by Gasteiger charge is -2.41. The molecule has 2 aliphatic rings. The van der Waals surface area contributed by atoms with Crippen molar-refractivity contribution >= 4 is 0 Å². The van der Waals surface area contributed by atoms with Crippen molar-refractivity contribution in [3.8, 4) is 0 Å². The third kappa shape index (κ3) is 2.42. The van der Waals surface area contributed by atoms with Crippen molar-refractivity contribution in [2.24, 2.45) is 0 Å². The number of likely N-dealkylation sites (tertiary alicyclic amines) is 1. The van der Waals surface area contributed by atoms with E-state index in [0.717, 1.165) is 45.4 Å². The van der Waals surface area contributed by atoms with Crippen molar-refractivity contribution in [3.63, 3.8) is 0 Å². The molecule has 0 atom stereocenters. The molecular formula is C10H19N2O-. The molecule has 0 saturated carbocycles. The zero-order valence-corrected chi connectivity index (χ0v) is 8.24. The summed E-state index contributed by atoms with van der Waals surface area (Å²) in [7, 11) is 3.97. The molecule has 2 rings (SSSR count). The van der Waals surface area contributed by atoms with Crippen LogP contribution in [-0.2, 0) is 4.74 Å². The number of piperidine rings is 1. The first-order chi connectivity index (χ1) is 6.36. The number of hydrogen-bond donors (Lipinski definition) is 0. The van der Waals surface area contributed by atoms with E-state index < -0.39 is 0 Å². The van der Waals surface area contributed by atoms with Gasteiger partial charge in [0.25, 0.3) is 0 Å². The molecule has 0 radical (unpaired) electrons. The normalized spacial score (nSPS) is 29.3. The van der Waals surface area contributed by atoms with Crippen LogP contribution in [0.2, 0.25) is 0 Å². The molecule has 3 nitrogen and oxygen atoms in total. The zero-order chi connectivity index (χ0) is 9.10. The van der Waals surface area contributed by atoms with Crippen LogP contribution < -0.4 is 0 Å². The van der Waals surface area contributed by atoms with Crippen LogP contribution in [0.5, 0.6) is 0 Å². The first kappa shape index (κ1) is 9.44. The highest BCUT2D eigenvalue weighted by Crippen LogP contribution is 2.16. The average molecular weight is 183 g/mol. The van der Waals surface area contributed by atoms with Crippen LogP contribution in [0.4, 0.5) is 0 Å². The largest absolute Gasteiger partial charge is 0.459 e. The Balaban J connectivity index is 1.79. The topological polar surface area (TPSA) is 15.7 Å². The Morgan fingerprint density at radius 1 is 1.00 bits per heavy atom. The van der Waals surface area contributed by atoms with Gasteiger partial charge in [-0.05, 0) is 25.9 Å². The van der Waals surface area contributed by atoms with Gasteiger partial charge >= 0.3 is 0 Å². The van der Waals surface area contributed by atoms with Gasteiger partial charge in [-0.15, -0.1) is 0 Å². The molecule has 3 heteroatoms. The van der Waals surface area contributed by atoms with E-state index in [-0.39, 0.29) is 0 Å². The second-order valence-corrected chi connectivity index (χ2v) is 4.00. The quantitative estimate of drug-likeness (QED) is 0.553. The highest BCUT2D eigenvalue weighted by atomic mass is 16.5. The molecule has 2 aliphatic heterocycles. The van der Waals surface area contributed by atoms with Crippen LogP contribution in [0.1, 0.15) is 12.8 Å². The third-order valence-corrected chi connectivity index (χ3v) is 3.12. The van der Waals surface area contributed by atoms with Crippen LogP contribution in [-0.4, -0.2) is 55.2 Å². The summed E-state index contributed by atoms with van der Waals surface area (Å²) < 4.78 is 5.35. The zero-order valence-electron chi connectivity index (χ0n) is 8.24. The van der Waals surface area contributed by atoms with E-state index in [2.05, 4.69) is 16.8 Å². The summed E-state index contributed by atoms with van der Waals surface area (Å²) in [5.74, 6) is 0. The van der Waals surface area contributed by atoms with Crippen LogP contribution in [0.3, 0.4) is 0 Å². The molecular weight excluding hydrogens is 164 g/mol. The Labute approximate surface area is 80.6 Å². The van der Waals surface area contributed by atoms with E-state index >= 15 is 0 Å². The van der Waals surface area contributed by atoms with Crippen molar-refractivity contribution in [2.75, 3.05) is 39.4 Å². The number of hydrogen-bond acceptors (Lipinski definition) is 3. The van der Waals surface area contributed by atoms with Crippen molar-refractivity contribution in [1.29, 1.82) is 0 Å². The van der Waals surface area contributed by atoms with Crippen molar-refractivity contribution in [1.82, 2.24) is 9.80 Å². The highest BCUT2D eigenvalue weighted by Gasteiger charge is 2.22. The molecule has 0 aliphatic carbocycles. The predicted octanol–water partition coefficient (Wildman–Crippen LogP) is 0.575. The minimum Gasteiger partial charge on any atom is -0.459 e. The van der Waals surface area contributed by atoms with Crippen LogP contribution >= 0.6 is 0 Å². The molecule has 0 unspecified atom stereocenters. The number of nitrogens with zero attached hydrogens (tertiary/aromatic N) is 2. The van der Waals surface area contributed by atoms with Crippen molar-refractivity contribution < 1.29 is 4.74 Å². The molecule has 0 bridgehead atoms. The molecule has 2 saturated heterocycles. The SMILES string of the molecule is [CH2-]N1CCC(N2CCOCC2)CC1. The van der Waals surface area contributed by atoms with Gasteiger partial charge in [0.1, 0.15) is 0 Å². The van der Waals surface area contributed by atoms with Gasteiger partial charge in [-0.3, -0.25) is 11.9 Å². The fraction of sp³-hybridized carbons (Fsp3) is 0.900. The Morgan fingerprint density at radius 2 is 1.62 bits per heavy atom. The first-order valence-corrected chi connectivity index (χ1v) is 5.23. The van der Waals surface area contributed by atoms with Crippen LogP contribution in [0.25, 0.3) is 0 Å². The van der Waals surface area contributed by atoms with E-state index in [1.54, 1.807) is 0 Å². The predicted molar refractivity (Wildman–Crippen MR) is 52.3 cm³/mol. The van der Waals surface area contributed by atoms with Gasteiger partial charge in [-0.1, -0.05) is 0 Å². The lowest BCUT2D eigenvalue weighted by atomic mass is 10.0. The van der Waals surface area contributed by atoms with Crippen molar-refractivity contribution in [3.05, 3.63) is 7.05 Å². The first-order valence-electron chi connectivity index (χ1n) is 5.23. The molecule has 13 heavy (non-hydrogen) atoms. The number of morpholine rings is 1. The fourth-order valence-corrected chi connectivity index (χ4v) is 2.23. The maximum Gasteiger partial charge on any atom is 0.0594 e. The summed E-state index contributed by atoms with van der Waals surface area (Å²) in [6.45, 7) is 6.41. The van der Waals surface area contributed by atoms with Crippen molar-refractivity contribution in [2.45, 2.75) is 18.9 Å². The van der Waals surface area contributed by atoms with E-state index in [1.165, 1.54) is 12.8 Å². The number of ether oxygens (including phenoxy) is 1. The molecule has 2 heterocycles. The van der Waals surface area contributed by atoms with E-state index in [0.29, 0.717) is 0 Å². The second kappa shape index (κ2) is 4.40. The van der Waals surface area contributed by atoms with E-state index in [4.69, 9.17) is 4.74 Å². The van der Waals surface area contributed by atoms with E-state index in [9.17, 15) is 0 Å². The van der Waals surface area contributed by atoms with Gasteiger partial charge in [-0.2, -0.15) is 0 Å². The monoisotopic (exact) mass is 183 g/mol. The minimum absolute atomic E-state index is 0.793. The fourth-order valence-electron chi connectivity index (χ4n) is 2.23. The lowest BCUT2D eigenvalue weighted by molar-refractivity contribution is 0.00404. The molecule has 2 fully saturated rings. The van der Waals surface area contributed by atoms with Gasteiger partial charge < -0.3 is 9.64 Å². The molecule has 76 valence electrons. The summed E-state index contributed by atoms with van der Waals surface area (Å²) in [6, 6.07) is 0.793. The molecule has 0 aromatic rings. The van der Waals surface area contributed by atoms with Gasteiger partial charge in [-0.25, -0.2) is 0 Å². The Morgan fingerprint density at radius 3 is 2.23 bits per heavy atom. The smallest absolute Gasteiger partial charge is 0.0594 e. The van der Waals surface area contributed by atoms with Gasteiger partial charge in [0.05, 0.1) is 13.2 Å². The van der Waals surface area contributed by atoms with Gasteiger partial charge in [0.2, 0.25) is 0 Å². The van der Waals surface area contributed by atoms with Gasteiger partial charge in [0.15, 0.2) is 0 Å². The Bertz CT molecular complexity index is 149. The maximum atomic E-state index is 5.35. The summed E-state index contributed by atoms with van der Waals surface area (Å²) in [5, 5.41) is 0. The highest BCUT2D eigenvalue weighted by molar-refractivity contribution is 4.80. The summed E-state index contributed by atoms with van der Waals surface area (Å²) in [4.78, 5) is 4.76. The molecule has 0 amide bonds. The van der Waals surface area contributed by atoms with Crippen LogP contribution in [0, 0.1) is 7.05 Å². The minimum atomic E-state index is 0.793. The third-order valence-electron chi connectivity index (χ3n) is 3.12. The molecule has 0 N–H and O–H groups in total. The standard InChI is InChI=1S/C10H19N2O/c1-11-4-2-10(3-5-11)12-6-8-13-9-7-12/h10H,1-9H2/q-1. The molecule has 0 spiro atoms. The van der Waals surface area contributed by atoms with E-state index in [1.807, 2.05) is 0 Å². The lowest BCUT2D eigenvalue weighted by Crippen LogP contribution is -2.47. The summed E-state index contributed by atoms with van der Waals surface area (Å²) in [5.41, 5.74) is 0. The number of rotatable bonds is 1. The molecule has 0 aromatic carbocycles. The maximum absolute atomic E-state index is 5.35. The Kier molecular flexibility index (Phi) is 3.19. The van der Waals surface area contributed by atoms with Crippen LogP contribution in [0.15, 0.2) is 0 Å². The molecule has 0 aromatic heterocycles. The summed E-state index contributed by atoms with van der Waals surface area (Å²) in [6.07, 6.45) is 2.56. The second-order valence-electron chi connectivity index (χ2n) is 4.00. The Hall–Kier alpha value is -0.120. The average Bonchev–Trinajstić information content (AvgIpc) is 2.20.